The van der Waals surface area contributed by atoms with Crippen LogP contribution in [0, 0.1) is 0 Å². The van der Waals surface area contributed by atoms with Crippen LogP contribution < -0.4 is 4.57 Å². The Labute approximate surface area is 145 Å². The van der Waals surface area contributed by atoms with E-state index in [1.807, 2.05) is 53.1 Å². The third-order valence-electron chi connectivity index (χ3n) is 3.79. The van der Waals surface area contributed by atoms with Crippen molar-refractivity contribution in [1.29, 1.82) is 0 Å². The molecule has 0 radical (unpaired) electrons. The lowest BCUT2D eigenvalue weighted by Gasteiger charge is -2.04. The number of nitrogens with zero attached hydrogens (tertiary/aromatic N) is 5. The average molecular weight is 330 g/mol. The molecule has 0 aliphatic rings. The van der Waals surface area contributed by atoms with Crippen LogP contribution in [0.5, 0.6) is 0 Å². The number of hydrogen-bond acceptors (Lipinski definition) is 3. The molecular weight excluding hydrogens is 314 g/mol. The van der Waals surface area contributed by atoms with E-state index in [4.69, 9.17) is 5.53 Å². The highest BCUT2D eigenvalue weighted by molar-refractivity contribution is 5.94. The Morgan fingerprint density at radius 3 is 2.80 bits per heavy atom. The lowest BCUT2D eigenvalue weighted by molar-refractivity contribution is -0.690. The Morgan fingerprint density at radius 1 is 1.16 bits per heavy atom. The van der Waals surface area contributed by atoms with Gasteiger partial charge in [0.25, 0.3) is 0 Å². The molecule has 6 nitrogen and oxygen atoms in total. The van der Waals surface area contributed by atoms with Crippen molar-refractivity contribution in [2.75, 3.05) is 0 Å². The Kier molecular flexibility index (Phi) is 5.14. The van der Waals surface area contributed by atoms with Crippen LogP contribution >= 0.6 is 0 Å². The van der Waals surface area contributed by atoms with E-state index in [0.29, 0.717) is 17.7 Å². The van der Waals surface area contributed by atoms with Gasteiger partial charge in [0.2, 0.25) is 18.0 Å². The van der Waals surface area contributed by atoms with Gasteiger partial charge in [-0.2, -0.15) is 4.57 Å². The van der Waals surface area contributed by atoms with Gasteiger partial charge in [0, 0.05) is 16.2 Å². The summed E-state index contributed by atoms with van der Waals surface area (Å²) in [5, 5.41) is 3.62. The summed E-state index contributed by atoms with van der Waals surface area (Å²) in [5.74, 6) is 0.0425. The highest BCUT2D eigenvalue weighted by Gasteiger charge is 2.17. The normalized spacial score (nSPS) is 10.1. The van der Waals surface area contributed by atoms with E-state index in [2.05, 4.69) is 15.0 Å². The number of aromatic nitrogens is 2. The molecule has 0 amide bonds. The van der Waals surface area contributed by atoms with Crippen molar-refractivity contribution >= 4 is 11.5 Å². The van der Waals surface area contributed by atoms with Gasteiger partial charge >= 0.3 is 0 Å². The molecule has 3 rings (SSSR count). The fourth-order valence-electron chi connectivity index (χ4n) is 2.58. The fraction of sp³-hybridized carbons (Fsp3) is 0.105. The van der Waals surface area contributed by atoms with Crippen LogP contribution in [0.15, 0.2) is 78.3 Å². The molecule has 1 aromatic heterocycles. The summed E-state index contributed by atoms with van der Waals surface area (Å²) in [7, 11) is 0. The van der Waals surface area contributed by atoms with Crippen molar-refractivity contribution in [2.45, 2.75) is 13.0 Å². The second kappa shape index (κ2) is 7.86. The first-order valence-corrected chi connectivity index (χ1v) is 7.81. The minimum Gasteiger partial charge on any atom is -0.287 e. The number of carbonyl (C=O) groups is 1. The summed E-state index contributed by atoms with van der Waals surface area (Å²) >= 11 is 0. The number of carbonyl (C=O) groups excluding carboxylic acids is 1. The maximum Gasteiger partial charge on any atom is 0.227 e. The van der Waals surface area contributed by atoms with Crippen molar-refractivity contribution in [3.05, 3.63) is 100 Å². The van der Waals surface area contributed by atoms with Gasteiger partial charge in [-0.15, -0.1) is 0 Å². The zero-order chi connectivity index (χ0) is 17.5. The van der Waals surface area contributed by atoms with Crippen LogP contribution in [0.25, 0.3) is 10.4 Å². The van der Waals surface area contributed by atoms with Gasteiger partial charge in [0.1, 0.15) is 0 Å². The molecule has 0 atom stereocenters. The highest BCUT2D eigenvalue weighted by Crippen LogP contribution is 2.16. The molecule has 0 N–H and O–H groups in total. The molecule has 6 heteroatoms. The minimum atomic E-state index is 0.0425. The second-order valence-electron chi connectivity index (χ2n) is 5.52. The third kappa shape index (κ3) is 4.28. The van der Waals surface area contributed by atoms with Crippen molar-refractivity contribution in [1.82, 2.24) is 4.98 Å². The van der Waals surface area contributed by atoms with E-state index < -0.39 is 0 Å². The van der Waals surface area contributed by atoms with E-state index in [9.17, 15) is 4.79 Å². The van der Waals surface area contributed by atoms with Crippen LogP contribution in [-0.2, 0) is 13.0 Å². The highest BCUT2D eigenvalue weighted by atomic mass is 16.1. The first kappa shape index (κ1) is 16.4. The largest absolute Gasteiger partial charge is 0.287 e. The van der Waals surface area contributed by atoms with Gasteiger partial charge < -0.3 is 0 Å². The number of rotatable bonds is 6. The Bertz CT molecular complexity index is 933. The van der Waals surface area contributed by atoms with E-state index in [-0.39, 0.29) is 12.3 Å². The van der Waals surface area contributed by atoms with Crippen LogP contribution in [0.3, 0.4) is 0 Å². The molecule has 0 saturated heterocycles. The third-order valence-corrected chi connectivity index (χ3v) is 3.79. The number of Topliss-reactive ketones (excluding diaryl/α,β-unsaturated/α-hetero) is 1. The van der Waals surface area contributed by atoms with Crippen molar-refractivity contribution in [2.24, 2.45) is 5.11 Å². The minimum absolute atomic E-state index is 0.0425. The second-order valence-corrected chi connectivity index (χ2v) is 5.52. The van der Waals surface area contributed by atoms with Gasteiger partial charge in [0.05, 0.1) is 18.8 Å². The Hall–Kier alpha value is -3.50. The van der Waals surface area contributed by atoms with Gasteiger partial charge in [-0.05, 0) is 17.2 Å². The van der Waals surface area contributed by atoms with Crippen molar-refractivity contribution in [3.8, 4) is 0 Å². The maximum atomic E-state index is 12.5. The summed E-state index contributed by atoms with van der Waals surface area (Å²) in [5.41, 5.74) is 11.7. The predicted molar refractivity (Wildman–Crippen MR) is 93.3 cm³/mol. The van der Waals surface area contributed by atoms with Gasteiger partial charge in [-0.25, -0.2) is 0 Å². The zero-order valence-corrected chi connectivity index (χ0v) is 13.5. The lowest BCUT2D eigenvalue weighted by Crippen LogP contribution is -2.42. The summed E-state index contributed by atoms with van der Waals surface area (Å²) in [6.45, 7) is 0.248. The molecule has 25 heavy (non-hydrogen) atoms. The average Bonchev–Trinajstić information content (AvgIpc) is 2.65. The van der Waals surface area contributed by atoms with Gasteiger partial charge in [-0.1, -0.05) is 53.6 Å². The summed E-state index contributed by atoms with van der Waals surface area (Å²) in [6.07, 6.45) is 5.80. The number of azide groups is 1. The molecule has 0 bridgehead atoms. The molecule has 0 aliphatic heterocycles. The van der Waals surface area contributed by atoms with Gasteiger partial charge in [0.15, 0.2) is 6.20 Å². The van der Waals surface area contributed by atoms with Crippen molar-refractivity contribution in [3.63, 3.8) is 0 Å². The summed E-state index contributed by atoms with van der Waals surface area (Å²) in [6, 6.07) is 16.6. The molecule has 0 saturated carbocycles. The molecule has 1 heterocycles. The summed E-state index contributed by atoms with van der Waals surface area (Å²) in [4.78, 5) is 19.4. The molecule has 2 aromatic carbocycles. The molecule has 0 spiro atoms. The molecule has 122 valence electrons. The van der Waals surface area contributed by atoms with E-state index in [1.54, 1.807) is 24.7 Å². The Balaban J connectivity index is 1.83. The molecule has 0 fully saturated rings. The van der Waals surface area contributed by atoms with Crippen molar-refractivity contribution < 1.29 is 9.36 Å². The molecular formula is C19H16N5O+. The van der Waals surface area contributed by atoms with Crippen LogP contribution in [0.2, 0.25) is 0 Å². The first-order chi connectivity index (χ1) is 12.3. The molecule has 0 unspecified atom stereocenters. The molecule has 3 aromatic rings. The van der Waals surface area contributed by atoms with E-state index in [0.717, 1.165) is 11.3 Å². The fourth-order valence-corrected chi connectivity index (χ4v) is 2.58. The van der Waals surface area contributed by atoms with E-state index >= 15 is 0 Å². The predicted octanol–water partition coefficient (Wildman–Crippen LogP) is 3.78. The maximum absolute atomic E-state index is 12.5. The van der Waals surface area contributed by atoms with E-state index in [1.165, 1.54) is 0 Å². The quantitative estimate of drug-likeness (QED) is 0.226. The first-order valence-electron chi connectivity index (χ1n) is 7.81. The van der Waals surface area contributed by atoms with Crippen LogP contribution in [0.1, 0.15) is 21.6 Å². The SMILES string of the molecule is [N-]=[N+]=Nc1cccc(Cc2cncc[n+]2CC(=O)c2ccccc2)c1. The van der Waals surface area contributed by atoms with Crippen LogP contribution in [-0.4, -0.2) is 10.8 Å². The topological polar surface area (TPSA) is 82.6 Å². The number of ketones is 1. The zero-order valence-electron chi connectivity index (χ0n) is 13.5. The Morgan fingerprint density at radius 2 is 2.00 bits per heavy atom. The molecule has 0 aliphatic carbocycles. The summed E-state index contributed by atoms with van der Waals surface area (Å²) < 4.78 is 1.89. The lowest BCUT2D eigenvalue weighted by atomic mass is 10.1. The number of benzene rings is 2. The smallest absolute Gasteiger partial charge is 0.227 e. The number of hydrogen-bond donors (Lipinski definition) is 0. The van der Waals surface area contributed by atoms with Crippen LogP contribution in [0.4, 0.5) is 5.69 Å². The standard InChI is InChI=1S/C19H16N5O/c20-23-22-17-8-4-5-15(11-17)12-18-13-21-9-10-24(18)14-19(25)16-6-2-1-3-7-16/h1-11,13H,12,14H2/q+1. The van der Waals surface area contributed by atoms with Gasteiger partial charge in [-0.3, -0.25) is 9.78 Å². The monoisotopic (exact) mass is 330 g/mol.